The molecule has 0 radical (unpaired) electrons. The van der Waals surface area contributed by atoms with Crippen LogP contribution in [0.25, 0.3) is 0 Å². The van der Waals surface area contributed by atoms with Crippen molar-refractivity contribution in [2.24, 2.45) is 0 Å². The Balaban J connectivity index is 2.29. The van der Waals surface area contributed by atoms with Gasteiger partial charge in [-0.15, -0.1) is 0 Å². The molecule has 18 heavy (non-hydrogen) atoms. The highest BCUT2D eigenvalue weighted by molar-refractivity contribution is 7.09. The first-order chi connectivity index (χ1) is 8.60. The van der Waals surface area contributed by atoms with Crippen LogP contribution in [-0.4, -0.2) is 27.4 Å². The lowest BCUT2D eigenvalue weighted by molar-refractivity contribution is 0.0594. The zero-order valence-electron chi connectivity index (χ0n) is 9.80. The summed E-state index contributed by atoms with van der Waals surface area (Å²) in [5.74, 6) is 0.491. The first kappa shape index (κ1) is 12.2. The Labute approximate surface area is 107 Å². The molecule has 0 saturated carbocycles. The number of hydrogen-bond donors (Lipinski definition) is 2. The van der Waals surface area contributed by atoms with Crippen LogP contribution in [0.1, 0.15) is 16.3 Å². The fourth-order valence-corrected chi connectivity index (χ4v) is 1.81. The van der Waals surface area contributed by atoms with Gasteiger partial charge in [0.15, 0.2) is 11.5 Å². The molecule has 2 heterocycles. The number of rotatable bonds is 3. The molecule has 7 nitrogen and oxygen atoms in total. The Morgan fingerprint density at radius 2 is 2.22 bits per heavy atom. The van der Waals surface area contributed by atoms with E-state index in [1.807, 2.05) is 0 Å². The molecule has 0 amide bonds. The standard InChI is InChI=1S/C10H11N5O2S/c1-5-12-10(18-15-5)14-8-6(11)3-4-7(13-8)9(16)17-2/h3-4H,11H2,1-2H3,(H,12,13,14,15). The van der Waals surface area contributed by atoms with Gasteiger partial charge in [0.2, 0.25) is 5.13 Å². The lowest BCUT2D eigenvalue weighted by Gasteiger charge is -2.06. The summed E-state index contributed by atoms with van der Waals surface area (Å²) in [7, 11) is 1.29. The minimum atomic E-state index is -0.522. The molecule has 2 aromatic heterocycles. The highest BCUT2D eigenvalue weighted by atomic mass is 32.1. The van der Waals surface area contributed by atoms with E-state index in [4.69, 9.17) is 5.73 Å². The van der Waals surface area contributed by atoms with Gasteiger partial charge in [0.1, 0.15) is 5.82 Å². The summed E-state index contributed by atoms with van der Waals surface area (Å²) in [5.41, 5.74) is 6.35. The molecule has 0 aromatic carbocycles. The smallest absolute Gasteiger partial charge is 0.356 e. The minimum absolute atomic E-state index is 0.176. The molecule has 2 rings (SSSR count). The molecule has 8 heteroatoms. The minimum Gasteiger partial charge on any atom is -0.464 e. The fourth-order valence-electron chi connectivity index (χ4n) is 1.24. The van der Waals surface area contributed by atoms with E-state index < -0.39 is 5.97 Å². The molecule has 0 aliphatic heterocycles. The van der Waals surface area contributed by atoms with Crippen LogP contribution in [0, 0.1) is 6.92 Å². The summed E-state index contributed by atoms with van der Waals surface area (Å²) in [6.07, 6.45) is 0. The van der Waals surface area contributed by atoms with E-state index in [1.165, 1.54) is 24.7 Å². The van der Waals surface area contributed by atoms with Gasteiger partial charge in [-0.2, -0.15) is 4.37 Å². The van der Waals surface area contributed by atoms with Crippen LogP contribution in [0.2, 0.25) is 0 Å². The van der Waals surface area contributed by atoms with Crippen LogP contribution < -0.4 is 11.1 Å². The highest BCUT2D eigenvalue weighted by Gasteiger charge is 2.11. The maximum Gasteiger partial charge on any atom is 0.356 e. The molecule has 0 bridgehead atoms. The van der Waals surface area contributed by atoms with Crippen molar-refractivity contribution in [2.45, 2.75) is 6.92 Å². The number of hydrogen-bond acceptors (Lipinski definition) is 8. The maximum atomic E-state index is 11.4. The summed E-state index contributed by atoms with van der Waals surface area (Å²) in [4.78, 5) is 19.6. The Kier molecular flexibility index (Phi) is 3.38. The number of aryl methyl sites for hydroxylation is 1. The lowest BCUT2D eigenvalue weighted by Crippen LogP contribution is -2.07. The third-order valence-corrected chi connectivity index (χ3v) is 2.80. The van der Waals surface area contributed by atoms with Crippen molar-refractivity contribution in [3.05, 3.63) is 23.7 Å². The second kappa shape index (κ2) is 4.96. The van der Waals surface area contributed by atoms with Crippen LogP contribution in [0.5, 0.6) is 0 Å². The molecule has 94 valence electrons. The Morgan fingerprint density at radius 3 is 2.83 bits per heavy atom. The summed E-state index contributed by atoms with van der Waals surface area (Å²) in [5, 5.41) is 3.48. The zero-order valence-corrected chi connectivity index (χ0v) is 10.6. The first-order valence-electron chi connectivity index (χ1n) is 5.02. The van der Waals surface area contributed by atoms with Gasteiger partial charge < -0.3 is 15.8 Å². The number of carbonyl (C=O) groups excluding carboxylic acids is 1. The van der Waals surface area contributed by atoms with Gasteiger partial charge in [0, 0.05) is 11.5 Å². The fraction of sp³-hybridized carbons (Fsp3) is 0.200. The first-order valence-corrected chi connectivity index (χ1v) is 5.79. The number of nitrogens with zero attached hydrogens (tertiary/aromatic N) is 3. The van der Waals surface area contributed by atoms with Crippen molar-refractivity contribution in [1.29, 1.82) is 0 Å². The lowest BCUT2D eigenvalue weighted by atomic mass is 10.3. The monoisotopic (exact) mass is 265 g/mol. The van der Waals surface area contributed by atoms with Gasteiger partial charge in [-0.1, -0.05) is 0 Å². The van der Waals surface area contributed by atoms with E-state index in [0.717, 1.165) is 0 Å². The van der Waals surface area contributed by atoms with Gasteiger partial charge in [-0.05, 0) is 19.1 Å². The highest BCUT2D eigenvalue weighted by Crippen LogP contribution is 2.22. The topological polar surface area (TPSA) is 103 Å². The van der Waals surface area contributed by atoms with Gasteiger partial charge in [-0.3, -0.25) is 0 Å². The number of pyridine rings is 1. The molecule has 0 aliphatic rings. The maximum absolute atomic E-state index is 11.4. The van der Waals surface area contributed by atoms with E-state index in [2.05, 4.69) is 24.4 Å². The Bertz CT molecular complexity index is 583. The molecule has 0 spiro atoms. The van der Waals surface area contributed by atoms with Crippen LogP contribution in [0.4, 0.5) is 16.6 Å². The summed E-state index contributed by atoms with van der Waals surface area (Å²) >= 11 is 1.19. The average molecular weight is 265 g/mol. The number of ether oxygens (including phenoxy) is 1. The van der Waals surface area contributed by atoms with E-state index in [1.54, 1.807) is 13.0 Å². The molecule has 0 fully saturated rings. The normalized spacial score (nSPS) is 10.1. The largest absolute Gasteiger partial charge is 0.464 e. The van der Waals surface area contributed by atoms with Crippen LogP contribution in [0.3, 0.4) is 0 Å². The Morgan fingerprint density at radius 1 is 1.44 bits per heavy atom. The second-order valence-corrected chi connectivity index (χ2v) is 4.15. The van der Waals surface area contributed by atoms with Crippen molar-refractivity contribution in [1.82, 2.24) is 14.3 Å². The van der Waals surface area contributed by atoms with E-state index >= 15 is 0 Å². The molecule has 0 atom stereocenters. The molecular formula is C10H11N5O2S. The predicted molar refractivity (Wildman–Crippen MR) is 67.9 cm³/mol. The predicted octanol–water partition coefficient (Wildman–Crippen LogP) is 1.35. The van der Waals surface area contributed by atoms with Gasteiger partial charge in [0.25, 0.3) is 0 Å². The molecule has 3 N–H and O–H groups in total. The van der Waals surface area contributed by atoms with Gasteiger partial charge >= 0.3 is 5.97 Å². The number of nitrogens with one attached hydrogen (secondary N) is 1. The summed E-state index contributed by atoms with van der Waals surface area (Å²) < 4.78 is 8.61. The third-order valence-electron chi connectivity index (χ3n) is 2.07. The number of carbonyl (C=O) groups is 1. The zero-order chi connectivity index (χ0) is 13.1. The summed E-state index contributed by atoms with van der Waals surface area (Å²) in [6, 6.07) is 3.08. The quantitative estimate of drug-likeness (QED) is 0.807. The van der Waals surface area contributed by atoms with Crippen molar-refractivity contribution in [3.63, 3.8) is 0 Å². The number of nitrogens with two attached hydrogens (primary N) is 1. The second-order valence-electron chi connectivity index (χ2n) is 3.40. The SMILES string of the molecule is COC(=O)c1ccc(N)c(Nc2nc(C)ns2)n1. The van der Waals surface area contributed by atoms with Crippen LogP contribution in [-0.2, 0) is 4.74 Å². The summed E-state index contributed by atoms with van der Waals surface area (Å²) in [6.45, 7) is 1.78. The van der Waals surface area contributed by atoms with Crippen molar-refractivity contribution in [2.75, 3.05) is 18.2 Å². The number of esters is 1. The third kappa shape index (κ3) is 2.54. The molecular weight excluding hydrogens is 254 g/mol. The van der Waals surface area contributed by atoms with Crippen LogP contribution in [0.15, 0.2) is 12.1 Å². The molecule has 0 unspecified atom stereocenters. The number of aromatic nitrogens is 3. The van der Waals surface area contributed by atoms with Crippen LogP contribution >= 0.6 is 11.5 Å². The van der Waals surface area contributed by atoms with E-state index in [9.17, 15) is 4.79 Å². The van der Waals surface area contributed by atoms with Gasteiger partial charge in [-0.25, -0.2) is 14.8 Å². The number of methoxy groups -OCH3 is 1. The van der Waals surface area contributed by atoms with Crippen molar-refractivity contribution >= 4 is 34.1 Å². The molecule has 0 aliphatic carbocycles. The van der Waals surface area contributed by atoms with Crippen molar-refractivity contribution in [3.8, 4) is 0 Å². The Hall–Kier alpha value is -2.22. The number of nitrogen functional groups attached to an aromatic ring is 1. The van der Waals surface area contributed by atoms with E-state index in [-0.39, 0.29) is 5.69 Å². The van der Waals surface area contributed by atoms with Crippen molar-refractivity contribution < 1.29 is 9.53 Å². The average Bonchev–Trinajstić information content (AvgIpc) is 2.76. The van der Waals surface area contributed by atoms with Gasteiger partial charge in [0.05, 0.1) is 12.8 Å². The number of anilines is 3. The molecule has 0 saturated heterocycles. The molecule has 2 aromatic rings. The van der Waals surface area contributed by atoms with E-state index in [0.29, 0.717) is 22.5 Å².